The van der Waals surface area contributed by atoms with Crippen molar-refractivity contribution in [3.63, 3.8) is 0 Å². The molecule has 1 amide bonds. The Labute approximate surface area is 169 Å². The van der Waals surface area contributed by atoms with Crippen molar-refractivity contribution in [3.8, 4) is 11.5 Å². The summed E-state index contributed by atoms with van der Waals surface area (Å²) in [6.45, 7) is 5.77. The van der Waals surface area contributed by atoms with E-state index < -0.39 is 17.7 Å². The fourth-order valence-electron chi connectivity index (χ4n) is 3.44. The van der Waals surface area contributed by atoms with Crippen LogP contribution in [0.15, 0.2) is 60.7 Å². The molecule has 1 unspecified atom stereocenters. The molecule has 2 aromatic carbocycles. The molecule has 6 nitrogen and oxygen atoms in total. The van der Waals surface area contributed by atoms with Crippen molar-refractivity contribution in [2.45, 2.75) is 13.0 Å². The van der Waals surface area contributed by atoms with Crippen LogP contribution in [0.1, 0.15) is 22.7 Å². The number of aliphatic hydroxyl groups excluding tert-OH is 1. The maximum absolute atomic E-state index is 12.8. The van der Waals surface area contributed by atoms with Gasteiger partial charge in [-0.3, -0.25) is 9.59 Å². The first-order chi connectivity index (χ1) is 13.9. The van der Waals surface area contributed by atoms with Gasteiger partial charge in [0.05, 0.1) is 25.8 Å². The molecule has 3 rings (SSSR count). The predicted molar refractivity (Wildman–Crippen MR) is 110 cm³/mol. The molecule has 1 heterocycles. The number of nitrogens with zero attached hydrogens (tertiary/aromatic N) is 1. The van der Waals surface area contributed by atoms with E-state index in [0.717, 1.165) is 5.56 Å². The van der Waals surface area contributed by atoms with Crippen molar-refractivity contribution in [3.05, 3.63) is 77.4 Å². The molecule has 0 bridgehead atoms. The Hall–Kier alpha value is -3.54. The van der Waals surface area contributed by atoms with Crippen LogP contribution < -0.4 is 9.47 Å². The molecule has 0 aromatic heterocycles. The minimum absolute atomic E-state index is 0.0351. The van der Waals surface area contributed by atoms with E-state index in [1.165, 1.54) is 19.1 Å². The van der Waals surface area contributed by atoms with Crippen LogP contribution >= 0.6 is 0 Å². The average molecular weight is 393 g/mol. The van der Waals surface area contributed by atoms with Crippen LogP contribution in [0.4, 0.5) is 0 Å². The summed E-state index contributed by atoms with van der Waals surface area (Å²) in [4.78, 5) is 26.9. The lowest BCUT2D eigenvalue weighted by molar-refractivity contribution is -0.139. The number of hydrogen-bond acceptors (Lipinski definition) is 5. The summed E-state index contributed by atoms with van der Waals surface area (Å²) >= 11 is 0. The van der Waals surface area contributed by atoms with Crippen LogP contribution in [0, 0.1) is 6.92 Å². The first kappa shape index (κ1) is 20.2. The fourth-order valence-corrected chi connectivity index (χ4v) is 3.44. The quantitative estimate of drug-likeness (QED) is 0.351. The van der Waals surface area contributed by atoms with Gasteiger partial charge in [-0.05, 0) is 24.6 Å². The number of amides is 1. The van der Waals surface area contributed by atoms with E-state index in [-0.39, 0.29) is 17.9 Å². The van der Waals surface area contributed by atoms with Crippen molar-refractivity contribution in [2.24, 2.45) is 0 Å². The Balaban J connectivity index is 2.21. The Morgan fingerprint density at radius 1 is 1.10 bits per heavy atom. The van der Waals surface area contributed by atoms with Crippen LogP contribution in [0.5, 0.6) is 11.5 Å². The summed E-state index contributed by atoms with van der Waals surface area (Å²) < 4.78 is 10.6. The largest absolute Gasteiger partial charge is 0.507 e. The van der Waals surface area contributed by atoms with E-state index in [9.17, 15) is 14.7 Å². The molecule has 0 aliphatic carbocycles. The number of hydrogen-bond donors (Lipinski definition) is 1. The maximum atomic E-state index is 12.8. The lowest BCUT2D eigenvalue weighted by atomic mass is 9.94. The molecule has 1 aliphatic rings. The number of carbonyl (C=O) groups is 2. The number of ketones is 1. The second kappa shape index (κ2) is 8.22. The minimum Gasteiger partial charge on any atom is -0.507 e. The third-order valence-corrected chi connectivity index (χ3v) is 4.91. The smallest absolute Gasteiger partial charge is 0.295 e. The molecule has 1 aliphatic heterocycles. The van der Waals surface area contributed by atoms with Crippen LogP contribution in [0.3, 0.4) is 0 Å². The Morgan fingerprint density at radius 2 is 1.76 bits per heavy atom. The van der Waals surface area contributed by atoms with Gasteiger partial charge in [-0.15, -0.1) is 6.58 Å². The lowest BCUT2D eigenvalue weighted by Crippen LogP contribution is -2.29. The molecular weight excluding hydrogens is 370 g/mol. The Kier molecular flexibility index (Phi) is 5.73. The monoisotopic (exact) mass is 393 g/mol. The zero-order valence-corrected chi connectivity index (χ0v) is 16.6. The molecular formula is C23H23NO5. The van der Waals surface area contributed by atoms with Gasteiger partial charge in [0.1, 0.15) is 5.76 Å². The Bertz CT molecular complexity index is 991. The Morgan fingerprint density at radius 3 is 2.34 bits per heavy atom. The molecule has 1 saturated heterocycles. The van der Waals surface area contributed by atoms with Crippen LogP contribution in [-0.4, -0.2) is 42.5 Å². The van der Waals surface area contributed by atoms with Crippen LogP contribution in [0.2, 0.25) is 0 Å². The van der Waals surface area contributed by atoms with Gasteiger partial charge in [0.2, 0.25) is 0 Å². The molecule has 29 heavy (non-hydrogen) atoms. The molecule has 0 radical (unpaired) electrons. The van der Waals surface area contributed by atoms with E-state index in [4.69, 9.17) is 9.47 Å². The van der Waals surface area contributed by atoms with Gasteiger partial charge in [0, 0.05) is 12.1 Å². The van der Waals surface area contributed by atoms with E-state index in [0.29, 0.717) is 22.6 Å². The maximum Gasteiger partial charge on any atom is 0.295 e. The third kappa shape index (κ3) is 3.61. The highest BCUT2D eigenvalue weighted by Gasteiger charge is 2.45. The second-order valence-electron chi connectivity index (χ2n) is 6.72. The first-order valence-corrected chi connectivity index (χ1v) is 9.11. The number of aryl methyl sites for hydroxylation is 1. The van der Waals surface area contributed by atoms with E-state index >= 15 is 0 Å². The lowest BCUT2D eigenvalue weighted by Gasteiger charge is -2.24. The number of aliphatic hydroxyl groups is 1. The number of Topliss-reactive ketones (excluding diaryl/α,β-unsaturated/α-hetero) is 1. The standard InChI is InChI=1S/C23H23NO5/c1-5-12-24-20(16-10-11-17(28-3)18(13-16)29-4)19(22(26)23(24)27)21(25)15-8-6-14(2)7-9-15/h5-11,13,20,25H,1,12H2,2-4H3. The van der Waals surface area contributed by atoms with Crippen molar-refractivity contribution in [2.75, 3.05) is 20.8 Å². The zero-order valence-electron chi connectivity index (χ0n) is 16.6. The summed E-state index contributed by atoms with van der Waals surface area (Å²) in [5.41, 5.74) is 2.15. The van der Waals surface area contributed by atoms with E-state index in [1.807, 2.05) is 19.1 Å². The van der Waals surface area contributed by atoms with Gasteiger partial charge >= 0.3 is 0 Å². The van der Waals surface area contributed by atoms with Gasteiger partial charge < -0.3 is 19.5 Å². The highest BCUT2D eigenvalue weighted by atomic mass is 16.5. The van der Waals surface area contributed by atoms with Crippen molar-refractivity contribution in [1.82, 2.24) is 4.90 Å². The van der Waals surface area contributed by atoms with Crippen molar-refractivity contribution < 1.29 is 24.2 Å². The number of rotatable bonds is 6. The molecule has 6 heteroatoms. The van der Waals surface area contributed by atoms with Crippen LogP contribution in [-0.2, 0) is 9.59 Å². The number of benzene rings is 2. The van der Waals surface area contributed by atoms with Crippen molar-refractivity contribution in [1.29, 1.82) is 0 Å². The summed E-state index contributed by atoms with van der Waals surface area (Å²) in [6, 6.07) is 11.5. The molecule has 150 valence electrons. The molecule has 1 N–H and O–H groups in total. The van der Waals surface area contributed by atoms with E-state index in [1.54, 1.807) is 36.4 Å². The number of likely N-dealkylation sites (tertiary alicyclic amines) is 1. The van der Waals surface area contributed by atoms with E-state index in [2.05, 4.69) is 6.58 Å². The molecule has 2 aromatic rings. The highest BCUT2D eigenvalue weighted by molar-refractivity contribution is 6.46. The topological polar surface area (TPSA) is 76.1 Å². The third-order valence-electron chi connectivity index (χ3n) is 4.91. The van der Waals surface area contributed by atoms with Crippen molar-refractivity contribution >= 4 is 17.4 Å². The summed E-state index contributed by atoms with van der Waals surface area (Å²) in [5.74, 6) is -0.641. The number of carbonyl (C=O) groups excluding carboxylic acids is 2. The average Bonchev–Trinajstić information content (AvgIpc) is 2.98. The van der Waals surface area contributed by atoms with Gasteiger partial charge in [-0.25, -0.2) is 0 Å². The molecule has 0 saturated carbocycles. The number of methoxy groups -OCH3 is 2. The summed E-state index contributed by atoms with van der Waals surface area (Å²) in [6.07, 6.45) is 1.55. The fraction of sp³-hybridized carbons (Fsp3) is 0.217. The number of ether oxygens (including phenoxy) is 2. The second-order valence-corrected chi connectivity index (χ2v) is 6.72. The first-order valence-electron chi connectivity index (χ1n) is 9.11. The molecule has 1 fully saturated rings. The van der Waals surface area contributed by atoms with Crippen LogP contribution in [0.25, 0.3) is 5.76 Å². The SMILES string of the molecule is C=CCN1C(=O)C(=O)C(=C(O)c2ccc(C)cc2)C1c1ccc(OC)c(OC)c1. The summed E-state index contributed by atoms with van der Waals surface area (Å²) in [7, 11) is 3.04. The molecule has 0 spiro atoms. The van der Waals surface area contributed by atoms with Gasteiger partial charge in [0.15, 0.2) is 11.5 Å². The summed E-state index contributed by atoms with van der Waals surface area (Å²) in [5, 5.41) is 10.9. The predicted octanol–water partition coefficient (Wildman–Crippen LogP) is 3.62. The zero-order chi connectivity index (χ0) is 21.1. The van der Waals surface area contributed by atoms with Gasteiger partial charge in [-0.1, -0.05) is 42.0 Å². The normalized spacial score (nSPS) is 18.0. The minimum atomic E-state index is -0.769. The molecule has 1 atom stereocenters. The van der Waals surface area contributed by atoms with Gasteiger partial charge in [-0.2, -0.15) is 0 Å². The highest BCUT2D eigenvalue weighted by Crippen LogP contribution is 2.41. The van der Waals surface area contributed by atoms with Gasteiger partial charge in [0.25, 0.3) is 11.7 Å².